The molecule has 1 saturated heterocycles. The Balaban J connectivity index is 1.68. The van der Waals surface area contributed by atoms with Crippen LogP contribution in [-0.4, -0.2) is 53.6 Å². The van der Waals surface area contributed by atoms with Gasteiger partial charge in [-0.2, -0.15) is 0 Å². The van der Waals surface area contributed by atoms with Crippen molar-refractivity contribution in [3.05, 3.63) is 47.2 Å². The molecular formula is C20H21ClN4O2. The van der Waals surface area contributed by atoms with E-state index in [9.17, 15) is 4.79 Å². The first-order chi connectivity index (χ1) is 13.2. The minimum absolute atomic E-state index is 0.0408. The Bertz CT molecular complexity index is 962. The van der Waals surface area contributed by atoms with Crippen LogP contribution in [0.25, 0.3) is 22.2 Å². The highest BCUT2D eigenvalue weighted by atomic mass is 35.5. The maximum absolute atomic E-state index is 12.6. The molecule has 27 heavy (non-hydrogen) atoms. The largest absolute Gasteiger partial charge is 0.384 e. The topological polar surface area (TPSA) is 70.2 Å². The number of nitrogens with one attached hydrogen (secondary N) is 2. The SMILES string of the molecule is CCNc1c(-c2ccc(C(=O)N3CCOCC3)cc2)cnc2[nH]cc(Cl)c12. The van der Waals surface area contributed by atoms with E-state index in [0.717, 1.165) is 34.4 Å². The number of carbonyl (C=O) groups excluding carboxylic acids is 1. The normalized spacial score (nSPS) is 14.5. The number of halogens is 1. The smallest absolute Gasteiger partial charge is 0.254 e. The number of carbonyl (C=O) groups is 1. The molecule has 0 spiro atoms. The van der Waals surface area contributed by atoms with Gasteiger partial charge in [0.15, 0.2) is 0 Å². The first-order valence-electron chi connectivity index (χ1n) is 9.06. The molecule has 3 aromatic rings. The number of anilines is 1. The summed E-state index contributed by atoms with van der Waals surface area (Å²) in [6.07, 6.45) is 3.57. The summed E-state index contributed by atoms with van der Waals surface area (Å²) >= 11 is 6.35. The summed E-state index contributed by atoms with van der Waals surface area (Å²) in [5.41, 5.74) is 4.31. The summed E-state index contributed by atoms with van der Waals surface area (Å²) in [6.45, 7) is 5.27. The Hall–Kier alpha value is -2.57. The number of rotatable bonds is 4. The second kappa shape index (κ2) is 7.58. The number of morpholine rings is 1. The van der Waals surface area contributed by atoms with Crippen molar-refractivity contribution in [1.82, 2.24) is 14.9 Å². The van der Waals surface area contributed by atoms with Gasteiger partial charge in [0.1, 0.15) is 5.65 Å². The van der Waals surface area contributed by atoms with E-state index in [1.54, 1.807) is 6.20 Å². The molecule has 0 unspecified atom stereocenters. The van der Waals surface area contributed by atoms with Crippen LogP contribution in [0.2, 0.25) is 5.02 Å². The lowest BCUT2D eigenvalue weighted by molar-refractivity contribution is 0.0303. The number of aromatic amines is 1. The van der Waals surface area contributed by atoms with Crippen LogP contribution in [-0.2, 0) is 4.74 Å². The van der Waals surface area contributed by atoms with Crippen molar-refractivity contribution in [2.75, 3.05) is 38.2 Å². The van der Waals surface area contributed by atoms with E-state index in [2.05, 4.69) is 15.3 Å². The first kappa shape index (κ1) is 17.8. The number of amides is 1. The fourth-order valence-corrected chi connectivity index (χ4v) is 3.62. The summed E-state index contributed by atoms with van der Waals surface area (Å²) in [6, 6.07) is 7.65. The van der Waals surface area contributed by atoms with Gasteiger partial charge in [0, 0.05) is 43.2 Å². The van der Waals surface area contributed by atoms with E-state index >= 15 is 0 Å². The molecular weight excluding hydrogens is 364 g/mol. The van der Waals surface area contributed by atoms with Gasteiger partial charge >= 0.3 is 0 Å². The monoisotopic (exact) mass is 384 g/mol. The van der Waals surface area contributed by atoms with Gasteiger partial charge < -0.3 is 19.9 Å². The fourth-order valence-electron chi connectivity index (χ4n) is 3.38. The molecule has 0 aliphatic carbocycles. The van der Waals surface area contributed by atoms with Crippen LogP contribution in [0.15, 0.2) is 36.7 Å². The first-order valence-corrected chi connectivity index (χ1v) is 9.43. The third kappa shape index (κ3) is 3.38. The van der Waals surface area contributed by atoms with Gasteiger partial charge in [-0.1, -0.05) is 23.7 Å². The number of aromatic nitrogens is 2. The lowest BCUT2D eigenvalue weighted by Crippen LogP contribution is -2.40. The molecule has 1 amide bonds. The van der Waals surface area contributed by atoms with Crippen molar-refractivity contribution >= 4 is 34.2 Å². The lowest BCUT2D eigenvalue weighted by Gasteiger charge is -2.26. The van der Waals surface area contributed by atoms with Crippen LogP contribution >= 0.6 is 11.6 Å². The quantitative estimate of drug-likeness (QED) is 0.718. The summed E-state index contributed by atoms with van der Waals surface area (Å²) in [4.78, 5) is 22.0. The molecule has 2 N–H and O–H groups in total. The average molecular weight is 385 g/mol. The second-order valence-electron chi connectivity index (χ2n) is 6.42. The van der Waals surface area contributed by atoms with Crippen LogP contribution in [0.3, 0.4) is 0 Å². The van der Waals surface area contributed by atoms with E-state index in [1.165, 1.54) is 0 Å². The van der Waals surface area contributed by atoms with Crippen molar-refractivity contribution in [1.29, 1.82) is 0 Å². The van der Waals surface area contributed by atoms with Gasteiger partial charge in [-0.05, 0) is 24.6 Å². The lowest BCUT2D eigenvalue weighted by atomic mass is 10.0. The maximum atomic E-state index is 12.6. The van der Waals surface area contributed by atoms with Crippen molar-refractivity contribution in [2.45, 2.75) is 6.92 Å². The molecule has 1 aromatic carbocycles. The highest BCUT2D eigenvalue weighted by Gasteiger charge is 2.19. The minimum atomic E-state index is 0.0408. The van der Waals surface area contributed by atoms with Gasteiger partial charge in [0.05, 0.1) is 29.3 Å². The third-order valence-electron chi connectivity index (χ3n) is 4.75. The zero-order valence-electron chi connectivity index (χ0n) is 15.1. The molecule has 6 nitrogen and oxygen atoms in total. The Kier molecular flexibility index (Phi) is 5.01. The Morgan fingerprint density at radius 1 is 1.30 bits per heavy atom. The molecule has 1 fully saturated rings. The van der Waals surface area contributed by atoms with E-state index in [1.807, 2.05) is 42.3 Å². The summed E-state index contributed by atoms with van der Waals surface area (Å²) in [7, 11) is 0. The Morgan fingerprint density at radius 3 is 2.74 bits per heavy atom. The summed E-state index contributed by atoms with van der Waals surface area (Å²) in [5, 5.41) is 4.91. The predicted molar refractivity (Wildman–Crippen MR) is 107 cm³/mol. The van der Waals surface area contributed by atoms with Crippen LogP contribution < -0.4 is 5.32 Å². The molecule has 0 bridgehead atoms. The summed E-state index contributed by atoms with van der Waals surface area (Å²) in [5.74, 6) is 0.0408. The molecule has 1 aliphatic rings. The minimum Gasteiger partial charge on any atom is -0.384 e. The van der Waals surface area contributed by atoms with E-state index < -0.39 is 0 Å². The van der Waals surface area contributed by atoms with Gasteiger partial charge in [0.2, 0.25) is 0 Å². The fraction of sp³-hybridized carbons (Fsp3) is 0.300. The van der Waals surface area contributed by atoms with Gasteiger partial charge in [0.25, 0.3) is 5.91 Å². The number of hydrogen-bond donors (Lipinski definition) is 2. The molecule has 0 radical (unpaired) electrons. The van der Waals surface area contributed by atoms with Crippen molar-refractivity contribution in [3.8, 4) is 11.1 Å². The summed E-state index contributed by atoms with van der Waals surface area (Å²) < 4.78 is 5.32. The molecule has 0 atom stereocenters. The highest BCUT2D eigenvalue weighted by molar-refractivity contribution is 6.36. The van der Waals surface area contributed by atoms with Gasteiger partial charge in [-0.3, -0.25) is 4.79 Å². The van der Waals surface area contributed by atoms with Gasteiger partial charge in [-0.25, -0.2) is 4.98 Å². The van der Waals surface area contributed by atoms with Crippen molar-refractivity contribution in [2.24, 2.45) is 0 Å². The third-order valence-corrected chi connectivity index (χ3v) is 5.05. The van der Waals surface area contributed by atoms with Crippen LogP contribution in [0.4, 0.5) is 5.69 Å². The maximum Gasteiger partial charge on any atom is 0.254 e. The number of ether oxygens (including phenoxy) is 1. The van der Waals surface area contributed by atoms with Crippen LogP contribution in [0.1, 0.15) is 17.3 Å². The van der Waals surface area contributed by atoms with E-state index in [-0.39, 0.29) is 5.91 Å². The van der Waals surface area contributed by atoms with E-state index in [0.29, 0.717) is 36.9 Å². The van der Waals surface area contributed by atoms with Crippen molar-refractivity contribution < 1.29 is 9.53 Å². The average Bonchev–Trinajstić information content (AvgIpc) is 3.10. The zero-order valence-corrected chi connectivity index (χ0v) is 15.8. The number of benzene rings is 1. The highest BCUT2D eigenvalue weighted by Crippen LogP contribution is 2.37. The Morgan fingerprint density at radius 2 is 2.04 bits per heavy atom. The number of H-pyrrole nitrogens is 1. The number of hydrogen-bond acceptors (Lipinski definition) is 4. The number of pyridine rings is 1. The zero-order chi connectivity index (χ0) is 18.8. The standard InChI is InChI=1S/C20H21ClN4O2/c1-2-22-18-15(11-23-19-17(18)16(21)12-24-19)13-3-5-14(6-4-13)20(26)25-7-9-27-10-8-25/h3-6,11-12H,2,7-10H2,1H3,(H2,22,23,24). The molecule has 1 aliphatic heterocycles. The second-order valence-corrected chi connectivity index (χ2v) is 6.83. The molecule has 4 rings (SSSR count). The van der Waals surface area contributed by atoms with Crippen molar-refractivity contribution in [3.63, 3.8) is 0 Å². The Labute approximate surface area is 162 Å². The predicted octanol–water partition coefficient (Wildman–Crippen LogP) is 3.79. The van der Waals surface area contributed by atoms with Crippen LogP contribution in [0.5, 0.6) is 0 Å². The molecule has 2 aromatic heterocycles. The van der Waals surface area contributed by atoms with E-state index in [4.69, 9.17) is 16.3 Å². The molecule has 140 valence electrons. The number of fused-ring (bicyclic) bond motifs is 1. The number of nitrogens with zero attached hydrogens (tertiary/aromatic N) is 2. The van der Waals surface area contributed by atoms with Crippen LogP contribution in [0, 0.1) is 0 Å². The molecule has 3 heterocycles. The van der Waals surface area contributed by atoms with Gasteiger partial charge in [-0.15, -0.1) is 0 Å². The molecule has 7 heteroatoms. The molecule has 0 saturated carbocycles.